The number of methoxy groups -OCH3 is 1. The van der Waals surface area contributed by atoms with Gasteiger partial charge in [-0.15, -0.1) is 0 Å². The summed E-state index contributed by atoms with van der Waals surface area (Å²) in [5.74, 6) is -0.696. The third kappa shape index (κ3) is 5.68. The fourth-order valence-electron chi connectivity index (χ4n) is 2.99. The van der Waals surface area contributed by atoms with Crippen LogP contribution < -0.4 is 14.8 Å². The van der Waals surface area contributed by atoms with Crippen molar-refractivity contribution in [2.75, 3.05) is 7.11 Å². The van der Waals surface area contributed by atoms with Crippen LogP contribution in [0.2, 0.25) is 0 Å². The molecule has 1 amide bonds. The fraction of sp³-hybridized carbons (Fsp3) is 0.174. The maximum absolute atomic E-state index is 13.1. The molecule has 3 aromatic rings. The summed E-state index contributed by atoms with van der Waals surface area (Å²) in [6, 6.07) is 18.7. The second-order valence-corrected chi connectivity index (χ2v) is 8.66. The Morgan fingerprint density at radius 1 is 1.03 bits per heavy atom. The van der Waals surface area contributed by atoms with Gasteiger partial charge in [0.1, 0.15) is 16.5 Å². The zero-order valence-corrected chi connectivity index (χ0v) is 17.9. The minimum absolute atomic E-state index is 0.102. The van der Waals surface area contributed by atoms with Crippen LogP contribution in [0.1, 0.15) is 34.5 Å². The Hall–Kier alpha value is -3.23. The van der Waals surface area contributed by atoms with Gasteiger partial charge in [-0.25, -0.2) is 17.5 Å². The molecule has 2 N–H and O–H groups in total. The highest BCUT2D eigenvalue weighted by molar-refractivity contribution is 7.89. The summed E-state index contributed by atoms with van der Waals surface area (Å²) >= 11 is 0. The third-order valence-corrected chi connectivity index (χ3v) is 6.16. The Kier molecular flexibility index (Phi) is 7.04. The van der Waals surface area contributed by atoms with Gasteiger partial charge in [0, 0.05) is 12.1 Å². The molecule has 0 aromatic heterocycles. The molecule has 0 unspecified atom stereocenters. The van der Waals surface area contributed by atoms with E-state index in [1.165, 1.54) is 37.4 Å². The van der Waals surface area contributed by atoms with Crippen molar-refractivity contribution in [1.29, 1.82) is 0 Å². The number of benzene rings is 3. The van der Waals surface area contributed by atoms with Crippen LogP contribution in [0.5, 0.6) is 5.75 Å². The van der Waals surface area contributed by atoms with Gasteiger partial charge in [-0.1, -0.05) is 42.5 Å². The van der Waals surface area contributed by atoms with Gasteiger partial charge >= 0.3 is 0 Å². The lowest BCUT2D eigenvalue weighted by Crippen LogP contribution is -2.28. The number of carbonyl (C=O) groups excluding carboxylic acids is 1. The predicted octanol–water partition coefficient (Wildman–Crippen LogP) is 3.80. The molecule has 0 radical (unpaired) electrons. The first kappa shape index (κ1) is 22.5. The van der Waals surface area contributed by atoms with E-state index in [1.807, 2.05) is 18.2 Å². The van der Waals surface area contributed by atoms with Gasteiger partial charge in [-0.2, -0.15) is 0 Å². The number of sulfonamides is 1. The Morgan fingerprint density at radius 2 is 1.71 bits per heavy atom. The molecule has 0 saturated heterocycles. The molecule has 8 heteroatoms. The van der Waals surface area contributed by atoms with E-state index >= 15 is 0 Å². The smallest absolute Gasteiger partial charge is 0.251 e. The lowest BCUT2D eigenvalue weighted by molar-refractivity contribution is 0.0939. The molecular weight excluding hydrogens is 419 g/mol. The van der Waals surface area contributed by atoms with Gasteiger partial charge < -0.3 is 10.1 Å². The summed E-state index contributed by atoms with van der Waals surface area (Å²) < 4.78 is 46.6. The lowest BCUT2D eigenvalue weighted by atomic mass is 10.1. The lowest BCUT2D eigenvalue weighted by Gasteiger charge is -2.16. The van der Waals surface area contributed by atoms with Crippen LogP contribution in [0, 0.1) is 5.82 Å². The fourth-order valence-corrected chi connectivity index (χ4v) is 4.21. The highest BCUT2D eigenvalue weighted by Crippen LogP contribution is 2.25. The summed E-state index contributed by atoms with van der Waals surface area (Å²) in [6.45, 7) is 1.86. The van der Waals surface area contributed by atoms with Crippen molar-refractivity contribution in [2.45, 2.75) is 24.4 Å². The third-order valence-electron chi connectivity index (χ3n) is 4.74. The van der Waals surface area contributed by atoms with Crippen LogP contribution in [0.4, 0.5) is 4.39 Å². The summed E-state index contributed by atoms with van der Waals surface area (Å²) in [7, 11) is -2.58. The van der Waals surface area contributed by atoms with Gasteiger partial charge in [-0.3, -0.25) is 4.79 Å². The first-order valence-electron chi connectivity index (χ1n) is 9.58. The number of hydrogen-bond acceptors (Lipinski definition) is 4. The van der Waals surface area contributed by atoms with Crippen LogP contribution in [-0.4, -0.2) is 21.4 Å². The van der Waals surface area contributed by atoms with E-state index < -0.39 is 22.0 Å². The molecule has 0 aliphatic carbocycles. The van der Waals surface area contributed by atoms with E-state index in [4.69, 9.17) is 4.74 Å². The first-order chi connectivity index (χ1) is 14.8. The Bertz CT molecular complexity index is 1150. The number of nitrogens with one attached hydrogen (secondary N) is 2. The van der Waals surface area contributed by atoms with Crippen molar-refractivity contribution in [3.8, 4) is 5.75 Å². The number of amides is 1. The van der Waals surface area contributed by atoms with Gasteiger partial charge in [0.15, 0.2) is 0 Å². The van der Waals surface area contributed by atoms with Gasteiger partial charge in [-0.05, 0) is 48.4 Å². The molecule has 0 heterocycles. The first-order valence-corrected chi connectivity index (χ1v) is 11.1. The topological polar surface area (TPSA) is 84.5 Å². The highest BCUT2D eigenvalue weighted by Gasteiger charge is 2.22. The number of hydrogen-bond donors (Lipinski definition) is 2. The number of halogens is 1. The second-order valence-electron chi connectivity index (χ2n) is 6.92. The van der Waals surface area contributed by atoms with Gasteiger partial charge in [0.05, 0.1) is 13.2 Å². The zero-order valence-electron chi connectivity index (χ0n) is 17.1. The Morgan fingerprint density at radius 3 is 2.35 bits per heavy atom. The maximum Gasteiger partial charge on any atom is 0.251 e. The van der Waals surface area contributed by atoms with Crippen LogP contribution in [0.15, 0.2) is 77.7 Å². The normalized spacial score (nSPS) is 12.2. The van der Waals surface area contributed by atoms with Crippen molar-refractivity contribution in [1.82, 2.24) is 10.0 Å². The molecule has 3 rings (SSSR count). The summed E-state index contributed by atoms with van der Waals surface area (Å²) in [5, 5.41) is 2.79. The van der Waals surface area contributed by atoms with Crippen LogP contribution in [0.3, 0.4) is 0 Å². The summed E-state index contributed by atoms with van der Waals surface area (Å²) in [4.78, 5) is 12.6. The zero-order chi connectivity index (χ0) is 22.4. The molecular formula is C23H23FN2O4S. The largest absolute Gasteiger partial charge is 0.495 e. The molecule has 6 nitrogen and oxygen atoms in total. The van der Waals surface area contributed by atoms with Gasteiger partial charge in [0.25, 0.3) is 5.91 Å². The minimum Gasteiger partial charge on any atom is -0.495 e. The molecule has 162 valence electrons. The molecule has 0 aliphatic rings. The maximum atomic E-state index is 13.1. The number of carbonyl (C=O) groups is 1. The van der Waals surface area contributed by atoms with Crippen molar-refractivity contribution in [3.63, 3.8) is 0 Å². The van der Waals surface area contributed by atoms with Crippen LogP contribution in [0.25, 0.3) is 0 Å². The highest BCUT2D eigenvalue weighted by atomic mass is 32.2. The Balaban J connectivity index is 1.80. The molecule has 0 aliphatic heterocycles. The van der Waals surface area contributed by atoms with Crippen molar-refractivity contribution in [2.24, 2.45) is 0 Å². The SMILES string of the molecule is COc1ccc(C(=O)N[C@H](C)c2ccc(F)cc2)cc1S(=O)(=O)NCc1ccccc1. The van der Waals surface area contributed by atoms with E-state index in [0.717, 1.165) is 11.1 Å². The number of ether oxygens (including phenoxy) is 1. The Labute approximate surface area is 181 Å². The standard InChI is InChI=1S/C23H23FN2O4S/c1-16(18-8-11-20(24)12-9-18)26-23(27)19-10-13-21(30-2)22(14-19)31(28,29)25-15-17-6-4-3-5-7-17/h3-14,16,25H,15H2,1-2H3,(H,26,27)/t16-/m1/s1. The van der Waals surface area contributed by atoms with Crippen LogP contribution in [-0.2, 0) is 16.6 Å². The minimum atomic E-state index is -3.94. The van der Waals surface area contributed by atoms with Crippen molar-refractivity contribution < 1.29 is 22.3 Å². The van der Waals surface area contributed by atoms with Gasteiger partial charge in [0.2, 0.25) is 10.0 Å². The summed E-state index contributed by atoms with van der Waals surface area (Å²) in [5.41, 5.74) is 1.68. The number of rotatable bonds is 8. The van der Waals surface area contributed by atoms with E-state index in [1.54, 1.807) is 31.2 Å². The van der Waals surface area contributed by atoms with Crippen molar-refractivity contribution >= 4 is 15.9 Å². The van der Waals surface area contributed by atoms with Crippen molar-refractivity contribution in [3.05, 3.63) is 95.3 Å². The van der Waals surface area contributed by atoms with E-state index in [2.05, 4.69) is 10.0 Å². The molecule has 3 aromatic carbocycles. The quantitative estimate of drug-likeness (QED) is 0.556. The predicted molar refractivity (Wildman–Crippen MR) is 116 cm³/mol. The molecule has 0 bridgehead atoms. The monoisotopic (exact) mass is 442 g/mol. The van der Waals surface area contributed by atoms with E-state index in [9.17, 15) is 17.6 Å². The van der Waals surface area contributed by atoms with E-state index in [-0.39, 0.29) is 28.6 Å². The average Bonchev–Trinajstić information content (AvgIpc) is 2.78. The molecule has 0 spiro atoms. The molecule has 1 atom stereocenters. The molecule has 31 heavy (non-hydrogen) atoms. The van der Waals surface area contributed by atoms with Crippen LogP contribution >= 0.6 is 0 Å². The second kappa shape index (κ2) is 9.72. The average molecular weight is 443 g/mol. The van der Waals surface area contributed by atoms with E-state index in [0.29, 0.717) is 0 Å². The molecule has 0 saturated carbocycles. The summed E-state index contributed by atoms with van der Waals surface area (Å²) in [6.07, 6.45) is 0. The molecule has 0 fully saturated rings.